The molecule has 0 atom stereocenters. The number of anilines is 3. The Balaban J connectivity index is 2.34. The fourth-order valence-electron chi connectivity index (χ4n) is 1.84. The Labute approximate surface area is 108 Å². The summed E-state index contributed by atoms with van der Waals surface area (Å²) < 4.78 is 5.24. The minimum Gasteiger partial charge on any atom is -0.497 e. The fraction of sp³-hybridized carbons (Fsp3) is 0.200. The topological polar surface area (TPSA) is 38.5 Å². The smallest absolute Gasteiger partial charge is 0.120 e. The van der Waals surface area contributed by atoms with Crippen LogP contribution in [0.15, 0.2) is 42.5 Å². The van der Waals surface area contributed by atoms with Crippen molar-refractivity contribution in [1.29, 1.82) is 0 Å². The first-order valence-electron chi connectivity index (χ1n) is 5.85. The lowest BCUT2D eigenvalue weighted by Crippen LogP contribution is -2.09. The molecule has 0 saturated heterocycles. The highest BCUT2D eigenvalue weighted by Crippen LogP contribution is 2.28. The molecule has 3 heteroatoms. The van der Waals surface area contributed by atoms with Gasteiger partial charge < -0.3 is 15.4 Å². The number of nitrogens with two attached hydrogens (primary N) is 1. The number of nitrogen functional groups attached to an aromatic ring is 1. The minimum absolute atomic E-state index is 0.817. The molecule has 18 heavy (non-hydrogen) atoms. The predicted molar refractivity (Wildman–Crippen MR) is 76.6 cm³/mol. The second-order valence-electron chi connectivity index (χ2n) is 4.30. The number of methoxy groups -OCH3 is 1. The summed E-state index contributed by atoms with van der Waals surface area (Å²) in [6.07, 6.45) is 0. The number of benzene rings is 2. The van der Waals surface area contributed by atoms with E-state index < -0.39 is 0 Å². The summed E-state index contributed by atoms with van der Waals surface area (Å²) in [5.41, 5.74) is 9.93. The third-order valence-corrected chi connectivity index (χ3v) is 3.08. The van der Waals surface area contributed by atoms with Gasteiger partial charge in [0.25, 0.3) is 0 Å². The molecule has 2 N–H and O–H groups in total. The molecule has 0 aliphatic heterocycles. The molecule has 2 aromatic rings. The maximum Gasteiger partial charge on any atom is 0.120 e. The number of aryl methyl sites for hydroxylation is 1. The average Bonchev–Trinajstić information content (AvgIpc) is 2.41. The van der Waals surface area contributed by atoms with E-state index in [4.69, 9.17) is 10.5 Å². The quantitative estimate of drug-likeness (QED) is 0.839. The largest absolute Gasteiger partial charge is 0.497 e. The Morgan fingerprint density at radius 2 is 1.78 bits per heavy atom. The third kappa shape index (κ3) is 2.40. The van der Waals surface area contributed by atoms with Gasteiger partial charge >= 0.3 is 0 Å². The van der Waals surface area contributed by atoms with E-state index in [1.807, 2.05) is 50.4 Å². The van der Waals surface area contributed by atoms with E-state index >= 15 is 0 Å². The maximum atomic E-state index is 5.83. The molecule has 0 unspecified atom stereocenters. The third-order valence-electron chi connectivity index (χ3n) is 3.08. The van der Waals surface area contributed by atoms with Crippen LogP contribution in [0, 0.1) is 6.92 Å². The van der Waals surface area contributed by atoms with Crippen molar-refractivity contribution in [3.8, 4) is 5.75 Å². The molecule has 2 rings (SSSR count). The normalized spacial score (nSPS) is 10.2. The van der Waals surface area contributed by atoms with Crippen molar-refractivity contribution < 1.29 is 4.74 Å². The molecular formula is C15H18N2O. The van der Waals surface area contributed by atoms with Crippen LogP contribution in [0.4, 0.5) is 17.1 Å². The second-order valence-corrected chi connectivity index (χ2v) is 4.30. The average molecular weight is 242 g/mol. The Morgan fingerprint density at radius 3 is 2.44 bits per heavy atom. The van der Waals surface area contributed by atoms with Crippen molar-refractivity contribution >= 4 is 17.1 Å². The maximum absolute atomic E-state index is 5.83. The molecule has 0 fully saturated rings. The van der Waals surface area contributed by atoms with Crippen LogP contribution in [0.25, 0.3) is 0 Å². The Morgan fingerprint density at radius 1 is 1.06 bits per heavy atom. The zero-order valence-corrected chi connectivity index (χ0v) is 11.0. The Bertz CT molecular complexity index is 552. The zero-order chi connectivity index (χ0) is 13.1. The summed E-state index contributed by atoms with van der Waals surface area (Å²) in [4.78, 5) is 2.11. The van der Waals surface area contributed by atoms with Crippen LogP contribution in [0.2, 0.25) is 0 Å². The van der Waals surface area contributed by atoms with Crippen molar-refractivity contribution in [2.75, 3.05) is 24.8 Å². The predicted octanol–water partition coefficient (Wildman–Crippen LogP) is 3.35. The molecule has 0 amide bonds. The van der Waals surface area contributed by atoms with Gasteiger partial charge in [0.2, 0.25) is 0 Å². The van der Waals surface area contributed by atoms with Crippen molar-refractivity contribution in [3.63, 3.8) is 0 Å². The van der Waals surface area contributed by atoms with E-state index in [-0.39, 0.29) is 0 Å². The van der Waals surface area contributed by atoms with Crippen LogP contribution in [0.5, 0.6) is 5.75 Å². The Kier molecular flexibility index (Phi) is 3.42. The van der Waals surface area contributed by atoms with Crippen LogP contribution in [0.3, 0.4) is 0 Å². The first kappa shape index (κ1) is 12.3. The van der Waals surface area contributed by atoms with Crippen LogP contribution in [-0.4, -0.2) is 14.2 Å². The second kappa shape index (κ2) is 5.00. The van der Waals surface area contributed by atoms with E-state index in [1.54, 1.807) is 7.11 Å². The standard InChI is InChI=1S/C15H18N2O/c1-11-9-13(7-8-15(11)16)17(2)12-5-4-6-14(10-12)18-3/h4-10H,16H2,1-3H3. The van der Waals surface area contributed by atoms with Crippen LogP contribution < -0.4 is 15.4 Å². The molecular weight excluding hydrogens is 224 g/mol. The summed E-state index contributed by atoms with van der Waals surface area (Å²) in [5.74, 6) is 0.853. The number of ether oxygens (including phenoxy) is 1. The first-order chi connectivity index (χ1) is 8.61. The molecule has 0 aromatic heterocycles. The monoisotopic (exact) mass is 242 g/mol. The van der Waals surface area contributed by atoms with Gasteiger partial charge in [0.1, 0.15) is 5.75 Å². The van der Waals surface area contributed by atoms with Crippen molar-refractivity contribution in [2.45, 2.75) is 6.92 Å². The van der Waals surface area contributed by atoms with Gasteiger partial charge in [-0.25, -0.2) is 0 Å². The number of rotatable bonds is 3. The summed E-state index contributed by atoms with van der Waals surface area (Å²) in [7, 11) is 3.70. The highest BCUT2D eigenvalue weighted by Gasteiger charge is 2.06. The summed E-state index contributed by atoms with van der Waals surface area (Å²) in [6, 6.07) is 14.0. The summed E-state index contributed by atoms with van der Waals surface area (Å²) >= 11 is 0. The molecule has 0 radical (unpaired) electrons. The van der Waals surface area contributed by atoms with Gasteiger partial charge in [-0.05, 0) is 42.8 Å². The van der Waals surface area contributed by atoms with Gasteiger partial charge in [-0.15, -0.1) is 0 Å². The number of nitrogens with zero attached hydrogens (tertiary/aromatic N) is 1. The van der Waals surface area contributed by atoms with Gasteiger partial charge in [-0.1, -0.05) is 6.07 Å². The molecule has 0 aliphatic carbocycles. The zero-order valence-electron chi connectivity index (χ0n) is 11.0. The lowest BCUT2D eigenvalue weighted by molar-refractivity contribution is 0.415. The van der Waals surface area contributed by atoms with Crippen molar-refractivity contribution in [1.82, 2.24) is 0 Å². The van der Waals surface area contributed by atoms with Crippen molar-refractivity contribution in [3.05, 3.63) is 48.0 Å². The first-order valence-corrected chi connectivity index (χ1v) is 5.85. The van der Waals surface area contributed by atoms with E-state index in [2.05, 4.69) is 11.0 Å². The van der Waals surface area contributed by atoms with Crippen LogP contribution >= 0.6 is 0 Å². The van der Waals surface area contributed by atoms with Crippen LogP contribution in [-0.2, 0) is 0 Å². The number of hydrogen-bond acceptors (Lipinski definition) is 3. The Hall–Kier alpha value is -2.16. The molecule has 0 heterocycles. The summed E-state index contributed by atoms with van der Waals surface area (Å²) in [5, 5.41) is 0. The molecule has 94 valence electrons. The highest BCUT2D eigenvalue weighted by atomic mass is 16.5. The van der Waals surface area contributed by atoms with Crippen molar-refractivity contribution in [2.24, 2.45) is 0 Å². The SMILES string of the molecule is COc1cccc(N(C)c2ccc(N)c(C)c2)c1. The highest BCUT2D eigenvalue weighted by molar-refractivity contribution is 5.67. The molecule has 0 saturated carbocycles. The lowest BCUT2D eigenvalue weighted by Gasteiger charge is -2.21. The van der Waals surface area contributed by atoms with E-state index in [0.717, 1.165) is 28.4 Å². The molecule has 0 spiro atoms. The summed E-state index contributed by atoms with van der Waals surface area (Å²) in [6.45, 7) is 2.01. The molecule has 0 aliphatic rings. The molecule has 2 aromatic carbocycles. The van der Waals surface area contributed by atoms with E-state index in [1.165, 1.54) is 0 Å². The minimum atomic E-state index is 0.817. The van der Waals surface area contributed by atoms with Crippen LogP contribution in [0.1, 0.15) is 5.56 Å². The lowest BCUT2D eigenvalue weighted by atomic mass is 10.1. The number of hydrogen-bond donors (Lipinski definition) is 1. The molecule has 0 bridgehead atoms. The molecule has 3 nitrogen and oxygen atoms in total. The van der Waals surface area contributed by atoms with Gasteiger partial charge in [-0.3, -0.25) is 0 Å². The van der Waals surface area contributed by atoms with Gasteiger partial charge in [0.05, 0.1) is 7.11 Å². The van der Waals surface area contributed by atoms with Gasteiger partial charge in [0.15, 0.2) is 0 Å². The van der Waals surface area contributed by atoms with E-state index in [9.17, 15) is 0 Å². The van der Waals surface area contributed by atoms with Gasteiger partial charge in [0, 0.05) is 30.2 Å². The fourth-order valence-corrected chi connectivity index (χ4v) is 1.84. The van der Waals surface area contributed by atoms with E-state index in [0.29, 0.717) is 0 Å². The van der Waals surface area contributed by atoms with Gasteiger partial charge in [-0.2, -0.15) is 0 Å².